The number of pyridine rings is 1. The first-order valence-electron chi connectivity index (χ1n) is 8.91. The molecule has 0 aliphatic rings. The quantitative estimate of drug-likeness (QED) is 0.677. The average Bonchev–Trinajstić information content (AvgIpc) is 2.89. The number of amides is 1. The first-order valence-corrected chi connectivity index (χ1v) is 8.91. The van der Waals surface area contributed by atoms with E-state index in [9.17, 15) is 4.79 Å². The molecule has 0 saturated carbocycles. The lowest BCUT2D eigenvalue weighted by Crippen LogP contribution is -2.31. The Morgan fingerprint density at radius 2 is 2.12 bits per heavy atom. The van der Waals surface area contributed by atoms with E-state index in [0.29, 0.717) is 32.1 Å². The second kappa shape index (κ2) is 8.80. The molecule has 0 fully saturated rings. The molecule has 2 heterocycles. The highest BCUT2D eigenvalue weighted by atomic mass is 16.5. The van der Waals surface area contributed by atoms with Gasteiger partial charge in [-0.1, -0.05) is 20.8 Å². The van der Waals surface area contributed by atoms with Gasteiger partial charge in [-0.15, -0.1) is 0 Å². The first kappa shape index (κ1) is 19.2. The number of aromatic nitrogens is 3. The predicted molar refractivity (Wildman–Crippen MR) is 99.3 cm³/mol. The molecule has 0 radical (unpaired) electrons. The summed E-state index contributed by atoms with van der Waals surface area (Å²) in [6, 6.07) is 2.01. The van der Waals surface area contributed by atoms with Gasteiger partial charge in [-0.3, -0.25) is 4.79 Å². The van der Waals surface area contributed by atoms with Crippen LogP contribution >= 0.6 is 0 Å². The van der Waals surface area contributed by atoms with Gasteiger partial charge in [0.25, 0.3) is 0 Å². The predicted octanol–water partition coefficient (Wildman–Crippen LogP) is 2.06. The Morgan fingerprint density at radius 3 is 2.80 bits per heavy atom. The molecule has 0 atom stereocenters. The van der Waals surface area contributed by atoms with Gasteiger partial charge in [0, 0.05) is 31.1 Å². The molecule has 2 aromatic rings. The van der Waals surface area contributed by atoms with Crippen LogP contribution in [0.15, 0.2) is 6.07 Å². The number of carbonyl (C=O) groups is 1. The van der Waals surface area contributed by atoms with Crippen molar-refractivity contribution in [2.24, 2.45) is 5.92 Å². The number of fused-ring (bicyclic) bond motifs is 1. The maximum absolute atomic E-state index is 11.5. The zero-order valence-electron chi connectivity index (χ0n) is 15.6. The molecule has 7 nitrogen and oxygen atoms in total. The molecule has 0 aliphatic heterocycles. The molecule has 1 amide bonds. The molecule has 0 unspecified atom stereocenters. The van der Waals surface area contributed by atoms with Crippen molar-refractivity contribution in [1.29, 1.82) is 0 Å². The van der Waals surface area contributed by atoms with Crippen LogP contribution in [0.2, 0.25) is 0 Å². The Balaban J connectivity index is 1.97. The fourth-order valence-corrected chi connectivity index (χ4v) is 2.69. The van der Waals surface area contributed by atoms with Crippen LogP contribution in [0.1, 0.15) is 38.7 Å². The summed E-state index contributed by atoms with van der Waals surface area (Å²) in [5.74, 6) is 1.53. The summed E-state index contributed by atoms with van der Waals surface area (Å²) in [5.41, 5.74) is 8.67. The molecule has 138 valence electrons. The molecule has 7 heteroatoms. The van der Waals surface area contributed by atoms with Crippen molar-refractivity contribution in [3.05, 3.63) is 17.6 Å². The van der Waals surface area contributed by atoms with Crippen LogP contribution in [-0.4, -0.2) is 40.2 Å². The summed E-state index contributed by atoms with van der Waals surface area (Å²) < 4.78 is 7.83. The average molecular weight is 347 g/mol. The highest BCUT2D eigenvalue weighted by Crippen LogP contribution is 2.22. The molecular formula is C18H29N5O2. The lowest BCUT2D eigenvalue weighted by atomic mass is 10.2. The van der Waals surface area contributed by atoms with E-state index in [0.717, 1.165) is 35.4 Å². The maximum Gasteiger partial charge on any atom is 0.222 e. The van der Waals surface area contributed by atoms with Crippen LogP contribution in [0, 0.1) is 12.8 Å². The molecule has 0 aliphatic carbocycles. The molecule has 3 N–H and O–H groups in total. The van der Waals surface area contributed by atoms with Gasteiger partial charge in [0.2, 0.25) is 5.91 Å². The zero-order chi connectivity index (χ0) is 18.4. The zero-order valence-corrected chi connectivity index (χ0v) is 15.6. The standard InChI is InChI=1S/C18H29N5O2/c1-5-6-15-22-16-14(11-13(4)21-17(16)19)23(15)8-10-25-9-7-20-18(24)12(2)3/h11-12H,5-10H2,1-4H3,(H2,19,21)(H,20,24). The second-order valence-corrected chi connectivity index (χ2v) is 6.50. The van der Waals surface area contributed by atoms with Gasteiger partial charge in [0.05, 0.1) is 18.7 Å². The number of nitrogens with one attached hydrogen (secondary N) is 1. The van der Waals surface area contributed by atoms with Crippen molar-refractivity contribution < 1.29 is 9.53 Å². The summed E-state index contributed by atoms with van der Waals surface area (Å²) in [5, 5.41) is 2.84. The molecule has 2 rings (SSSR count). The Morgan fingerprint density at radius 1 is 1.36 bits per heavy atom. The number of hydrogen-bond donors (Lipinski definition) is 2. The van der Waals surface area contributed by atoms with E-state index >= 15 is 0 Å². The number of nitrogens with two attached hydrogens (primary N) is 1. The number of carbonyl (C=O) groups excluding carboxylic acids is 1. The smallest absolute Gasteiger partial charge is 0.222 e. The van der Waals surface area contributed by atoms with E-state index in [1.165, 1.54) is 0 Å². The fourth-order valence-electron chi connectivity index (χ4n) is 2.69. The molecule has 0 aromatic carbocycles. The topological polar surface area (TPSA) is 95.1 Å². The molecular weight excluding hydrogens is 318 g/mol. The van der Waals surface area contributed by atoms with E-state index in [2.05, 4.69) is 26.8 Å². The Hall–Kier alpha value is -2.15. The monoisotopic (exact) mass is 347 g/mol. The van der Waals surface area contributed by atoms with Crippen molar-refractivity contribution in [1.82, 2.24) is 19.9 Å². The van der Waals surface area contributed by atoms with E-state index in [4.69, 9.17) is 10.5 Å². The number of nitrogen functional groups attached to an aromatic ring is 1. The fraction of sp³-hybridized carbons (Fsp3) is 0.611. The van der Waals surface area contributed by atoms with Crippen LogP contribution in [-0.2, 0) is 22.5 Å². The van der Waals surface area contributed by atoms with Gasteiger partial charge in [-0.05, 0) is 19.4 Å². The van der Waals surface area contributed by atoms with Crippen molar-refractivity contribution in [2.45, 2.75) is 47.1 Å². The van der Waals surface area contributed by atoms with Crippen LogP contribution in [0.25, 0.3) is 11.0 Å². The maximum atomic E-state index is 11.5. The van der Waals surface area contributed by atoms with Gasteiger partial charge in [-0.2, -0.15) is 0 Å². The third kappa shape index (κ3) is 4.92. The molecule has 0 saturated heterocycles. The third-order valence-corrected chi connectivity index (χ3v) is 3.97. The molecule has 2 aromatic heterocycles. The van der Waals surface area contributed by atoms with Crippen LogP contribution in [0.3, 0.4) is 0 Å². The largest absolute Gasteiger partial charge is 0.382 e. The highest BCUT2D eigenvalue weighted by Gasteiger charge is 2.13. The minimum atomic E-state index is -0.00350. The Bertz CT molecular complexity index is 724. The summed E-state index contributed by atoms with van der Waals surface area (Å²) in [6.45, 7) is 10.1. The number of nitrogens with zero attached hydrogens (tertiary/aromatic N) is 3. The van der Waals surface area contributed by atoms with Gasteiger partial charge >= 0.3 is 0 Å². The molecule has 25 heavy (non-hydrogen) atoms. The minimum absolute atomic E-state index is 0.00350. The van der Waals surface area contributed by atoms with Crippen molar-refractivity contribution >= 4 is 22.8 Å². The molecule has 0 spiro atoms. The van der Waals surface area contributed by atoms with Gasteiger partial charge in [0.15, 0.2) is 5.82 Å². The van der Waals surface area contributed by atoms with Gasteiger partial charge < -0.3 is 20.4 Å². The molecule has 0 bridgehead atoms. The normalized spacial score (nSPS) is 11.4. The highest BCUT2D eigenvalue weighted by molar-refractivity contribution is 5.85. The first-order chi connectivity index (χ1) is 11.9. The summed E-state index contributed by atoms with van der Waals surface area (Å²) in [7, 11) is 0. The summed E-state index contributed by atoms with van der Waals surface area (Å²) in [6.07, 6.45) is 1.90. The van der Waals surface area contributed by atoms with E-state index in [1.807, 2.05) is 26.8 Å². The summed E-state index contributed by atoms with van der Waals surface area (Å²) in [4.78, 5) is 20.5. The van der Waals surface area contributed by atoms with Gasteiger partial charge in [0.1, 0.15) is 11.3 Å². The number of aryl methyl sites for hydroxylation is 2. The van der Waals surface area contributed by atoms with E-state index < -0.39 is 0 Å². The van der Waals surface area contributed by atoms with Crippen molar-refractivity contribution in [3.63, 3.8) is 0 Å². The van der Waals surface area contributed by atoms with Crippen LogP contribution < -0.4 is 11.1 Å². The second-order valence-electron chi connectivity index (χ2n) is 6.50. The Labute approximate surface area is 149 Å². The lowest BCUT2D eigenvalue weighted by molar-refractivity contribution is -0.124. The van der Waals surface area contributed by atoms with Crippen LogP contribution in [0.4, 0.5) is 5.82 Å². The number of anilines is 1. The van der Waals surface area contributed by atoms with Crippen LogP contribution in [0.5, 0.6) is 0 Å². The lowest BCUT2D eigenvalue weighted by Gasteiger charge is -2.11. The summed E-state index contributed by atoms with van der Waals surface area (Å²) >= 11 is 0. The number of ether oxygens (including phenoxy) is 1. The number of imidazole rings is 1. The van der Waals surface area contributed by atoms with Gasteiger partial charge in [-0.25, -0.2) is 9.97 Å². The van der Waals surface area contributed by atoms with Crippen molar-refractivity contribution in [2.75, 3.05) is 25.5 Å². The SMILES string of the molecule is CCCc1nc2c(N)nc(C)cc2n1CCOCCNC(=O)C(C)C. The number of hydrogen-bond acceptors (Lipinski definition) is 5. The van der Waals surface area contributed by atoms with E-state index in [1.54, 1.807) is 0 Å². The minimum Gasteiger partial charge on any atom is -0.382 e. The van der Waals surface area contributed by atoms with Crippen molar-refractivity contribution in [3.8, 4) is 0 Å². The third-order valence-electron chi connectivity index (χ3n) is 3.97. The van der Waals surface area contributed by atoms with E-state index in [-0.39, 0.29) is 11.8 Å². The Kier molecular flexibility index (Phi) is 6.75. The number of rotatable bonds is 9.